The van der Waals surface area contributed by atoms with Gasteiger partial charge in [0.2, 0.25) is 0 Å². The first-order valence-corrected chi connectivity index (χ1v) is 7.42. The van der Waals surface area contributed by atoms with Crippen LogP contribution in [0.1, 0.15) is 34.1 Å². The molecule has 0 amide bonds. The zero-order valence-electron chi connectivity index (χ0n) is 11.6. The van der Waals surface area contributed by atoms with E-state index in [1.165, 1.54) is 0 Å². The topological polar surface area (TPSA) is 69.3 Å². The molecule has 0 aromatic carbocycles. The van der Waals surface area contributed by atoms with Crippen molar-refractivity contribution in [2.75, 3.05) is 19.5 Å². The minimum absolute atomic E-state index is 0.0300. The molecule has 0 aliphatic heterocycles. The van der Waals surface area contributed by atoms with Crippen molar-refractivity contribution >= 4 is 8.38 Å². The maximum Gasteiger partial charge on any atom is 0.186 e. The fraction of sp³-hybridized carbons (Fsp3) is 0.833. The summed E-state index contributed by atoms with van der Waals surface area (Å²) in [4.78, 5) is 2.26. The van der Waals surface area contributed by atoms with Gasteiger partial charge in [0.1, 0.15) is 6.61 Å². The van der Waals surface area contributed by atoms with Crippen molar-refractivity contribution in [1.29, 1.82) is 10.5 Å². The fourth-order valence-electron chi connectivity index (χ4n) is 1.47. The van der Waals surface area contributed by atoms with Crippen LogP contribution in [0.3, 0.4) is 0 Å². The van der Waals surface area contributed by atoms with Gasteiger partial charge in [-0.2, -0.15) is 10.5 Å². The average molecular weight is 271 g/mol. The van der Waals surface area contributed by atoms with Crippen LogP contribution < -0.4 is 0 Å². The van der Waals surface area contributed by atoms with E-state index in [9.17, 15) is 0 Å². The molecular weight excluding hydrogens is 249 g/mol. The largest absolute Gasteiger partial charge is 0.332 e. The summed E-state index contributed by atoms with van der Waals surface area (Å²) in [5, 5.41) is 17.0. The Morgan fingerprint density at radius 3 is 2.11 bits per heavy atom. The third-order valence-corrected chi connectivity index (χ3v) is 3.77. The summed E-state index contributed by atoms with van der Waals surface area (Å²) >= 11 is 0. The maximum absolute atomic E-state index is 8.55. The predicted octanol–water partition coefficient (Wildman–Crippen LogP) is 2.85. The molecule has 0 N–H and O–H groups in total. The number of nitriles is 2. The van der Waals surface area contributed by atoms with Crippen LogP contribution in [0.2, 0.25) is 0 Å². The Balaban J connectivity index is 4.35. The molecular formula is C12H22N3O2P. The molecule has 0 fully saturated rings. The summed E-state index contributed by atoms with van der Waals surface area (Å²) in [6.07, 6.45) is 1.01. The molecule has 0 rings (SSSR count). The predicted molar refractivity (Wildman–Crippen MR) is 71.6 cm³/mol. The summed E-state index contributed by atoms with van der Waals surface area (Å²) < 4.78 is 10.9. The van der Waals surface area contributed by atoms with Crippen molar-refractivity contribution in [3.8, 4) is 12.1 Å². The molecule has 1 unspecified atom stereocenters. The van der Waals surface area contributed by atoms with Gasteiger partial charge in [0.05, 0.1) is 31.5 Å². The van der Waals surface area contributed by atoms with Crippen LogP contribution >= 0.6 is 8.38 Å². The van der Waals surface area contributed by atoms with Crippen molar-refractivity contribution in [2.24, 2.45) is 0 Å². The Bertz CT molecular complexity index is 289. The zero-order valence-corrected chi connectivity index (χ0v) is 12.5. The molecule has 0 aliphatic rings. The molecule has 0 aromatic heterocycles. The van der Waals surface area contributed by atoms with Crippen molar-refractivity contribution in [3.63, 3.8) is 0 Å². The molecule has 0 radical (unpaired) electrons. The molecule has 18 heavy (non-hydrogen) atoms. The number of hydrogen-bond acceptors (Lipinski definition) is 5. The Morgan fingerprint density at radius 2 is 1.67 bits per heavy atom. The van der Waals surface area contributed by atoms with E-state index in [0.29, 0.717) is 31.4 Å². The SMILES string of the molecule is CC(C)N(CP(OCC#N)OCCC#N)C(C)C. The molecule has 0 aliphatic carbocycles. The summed E-state index contributed by atoms with van der Waals surface area (Å²) in [7, 11) is -1.13. The molecule has 0 aromatic rings. The smallest absolute Gasteiger partial charge is 0.186 e. The first-order chi connectivity index (χ1) is 8.52. The van der Waals surface area contributed by atoms with Gasteiger partial charge in [-0.25, -0.2) is 0 Å². The standard InChI is InChI=1S/C12H22N3O2P/c1-11(2)15(12(3)4)10-18(17-9-7-14)16-8-5-6-13/h11-12H,5,8-10H2,1-4H3. The summed E-state index contributed by atoms with van der Waals surface area (Å²) in [6.45, 7) is 8.86. The average Bonchev–Trinajstić information content (AvgIpc) is 2.31. The van der Waals surface area contributed by atoms with Crippen LogP contribution in [0.5, 0.6) is 0 Å². The van der Waals surface area contributed by atoms with Crippen molar-refractivity contribution in [3.05, 3.63) is 0 Å². The highest BCUT2D eigenvalue weighted by atomic mass is 31.2. The van der Waals surface area contributed by atoms with Gasteiger partial charge >= 0.3 is 0 Å². The van der Waals surface area contributed by atoms with Gasteiger partial charge in [-0.1, -0.05) is 0 Å². The van der Waals surface area contributed by atoms with E-state index in [-0.39, 0.29) is 6.61 Å². The molecule has 0 spiro atoms. The summed E-state index contributed by atoms with van der Waals surface area (Å²) in [5.41, 5.74) is 0. The van der Waals surface area contributed by atoms with Crippen molar-refractivity contribution < 1.29 is 9.05 Å². The Labute approximate surface area is 111 Å². The van der Waals surface area contributed by atoms with E-state index >= 15 is 0 Å². The Kier molecular flexibility index (Phi) is 9.83. The van der Waals surface area contributed by atoms with E-state index in [1.807, 2.05) is 12.1 Å². The van der Waals surface area contributed by atoms with Crippen LogP contribution in [-0.4, -0.2) is 36.5 Å². The highest BCUT2D eigenvalue weighted by molar-refractivity contribution is 7.47. The van der Waals surface area contributed by atoms with Gasteiger partial charge in [0.15, 0.2) is 8.38 Å². The lowest BCUT2D eigenvalue weighted by Gasteiger charge is -2.32. The zero-order chi connectivity index (χ0) is 14.0. The highest BCUT2D eigenvalue weighted by Crippen LogP contribution is 2.39. The fourth-order valence-corrected chi connectivity index (χ4v) is 3.12. The van der Waals surface area contributed by atoms with E-state index in [4.69, 9.17) is 19.6 Å². The first-order valence-electron chi connectivity index (χ1n) is 6.06. The second-order valence-electron chi connectivity index (χ2n) is 4.35. The highest BCUT2D eigenvalue weighted by Gasteiger charge is 2.20. The second kappa shape index (κ2) is 10.2. The van der Waals surface area contributed by atoms with Gasteiger partial charge < -0.3 is 9.05 Å². The van der Waals surface area contributed by atoms with E-state index in [2.05, 4.69) is 32.6 Å². The minimum Gasteiger partial charge on any atom is -0.332 e. The quantitative estimate of drug-likeness (QED) is 0.476. The van der Waals surface area contributed by atoms with Crippen molar-refractivity contribution in [1.82, 2.24) is 4.90 Å². The Morgan fingerprint density at radius 1 is 1.06 bits per heavy atom. The lowest BCUT2D eigenvalue weighted by Crippen LogP contribution is -2.37. The third-order valence-electron chi connectivity index (χ3n) is 2.33. The molecule has 1 atom stereocenters. The van der Waals surface area contributed by atoms with Gasteiger partial charge in [-0.15, -0.1) is 0 Å². The van der Waals surface area contributed by atoms with Gasteiger partial charge in [-0.05, 0) is 27.7 Å². The number of hydrogen-bond donors (Lipinski definition) is 0. The van der Waals surface area contributed by atoms with Gasteiger partial charge in [0.25, 0.3) is 0 Å². The van der Waals surface area contributed by atoms with Crippen LogP contribution in [-0.2, 0) is 9.05 Å². The second-order valence-corrected chi connectivity index (χ2v) is 5.81. The Hall–Kier alpha value is -0.710. The number of rotatable bonds is 9. The minimum atomic E-state index is -1.13. The number of nitrogens with zero attached hydrogens (tertiary/aromatic N) is 3. The molecule has 5 nitrogen and oxygen atoms in total. The van der Waals surface area contributed by atoms with E-state index in [0.717, 1.165) is 0 Å². The molecule has 0 saturated heterocycles. The molecule has 0 saturated carbocycles. The lowest BCUT2D eigenvalue weighted by atomic mass is 10.2. The molecule has 102 valence electrons. The van der Waals surface area contributed by atoms with Gasteiger partial charge in [0, 0.05) is 12.1 Å². The van der Waals surface area contributed by atoms with Crippen LogP contribution in [0.15, 0.2) is 0 Å². The molecule has 0 heterocycles. The van der Waals surface area contributed by atoms with E-state index in [1.54, 1.807) is 0 Å². The third kappa shape index (κ3) is 7.58. The normalized spacial score (nSPS) is 12.7. The van der Waals surface area contributed by atoms with Crippen LogP contribution in [0.25, 0.3) is 0 Å². The maximum atomic E-state index is 8.55. The van der Waals surface area contributed by atoms with Crippen LogP contribution in [0, 0.1) is 22.7 Å². The van der Waals surface area contributed by atoms with E-state index < -0.39 is 8.38 Å². The monoisotopic (exact) mass is 271 g/mol. The first kappa shape index (κ1) is 17.3. The summed E-state index contributed by atoms with van der Waals surface area (Å²) in [6, 6.07) is 4.76. The lowest BCUT2D eigenvalue weighted by molar-refractivity contribution is 0.183. The van der Waals surface area contributed by atoms with Crippen LogP contribution in [0.4, 0.5) is 0 Å². The molecule has 6 heteroatoms. The molecule has 0 bridgehead atoms. The van der Waals surface area contributed by atoms with Gasteiger partial charge in [-0.3, -0.25) is 4.90 Å². The van der Waals surface area contributed by atoms with Crippen molar-refractivity contribution in [2.45, 2.75) is 46.2 Å². The summed E-state index contributed by atoms with van der Waals surface area (Å²) in [5.74, 6) is 0.